The van der Waals surface area contributed by atoms with Gasteiger partial charge in [-0.1, -0.05) is 12.1 Å². The van der Waals surface area contributed by atoms with Gasteiger partial charge in [-0.05, 0) is 35.9 Å². The minimum Gasteiger partial charge on any atom is -0.497 e. The number of carbonyl (C=O) groups is 1. The number of carbonyl (C=O) groups excluding carboxylic acids is 1. The zero-order valence-electron chi connectivity index (χ0n) is 11.9. The first-order valence-corrected chi connectivity index (χ1v) is 6.70. The quantitative estimate of drug-likeness (QED) is 0.774. The summed E-state index contributed by atoms with van der Waals surface area (Å²) in [7, 11) is 1.60. The molecule has 0 saturated carbocycles. The summed E-state index contributed by atoms with van der Waals surface area (Å²) >= 11 is 0. The number of aromatic amines is 1. The van der Waals surface area contributed by atoms with Gasteiger partial charge < -0.3 is 14.5 Å². The third-order valence-electron chi connectivity index (χ3n) is 3.23. The molecule has 0 radical (unpaired) electrons. The third kappa shape index (κ3) is 3.01. The van der Waals surface area contributed by atoms with E-state index in [4.69, 9.17) is 9.15 Å². The van der Waals surface area contributed by atoms with Crippen LogP contribution in [0.5, 0.6) is 5.75 Å². The highest BCUT2D eigenvalue weighted by molar-refractivity contribution is 5.94. The van der Waals surface area contributed by atoms with Gasteiger partial charge in [-0.2, -0.15) is 0 Å². The van der Waals surface area contributed by atoms with Crippen LogP contribution >= 0.6 is 0 Å². The second-order valence-corrected chi connectivity index (χ2v) is 4.80. The van der Waals surface area contributed by atoms with Crippen molar-refractivity contribution in [2.45, 2.75) is 6.42 Å². The van der Waals surface area contributed by atoms with Crippen LogP contribution in [-0.4, -0.2) is 18.0 Å². The molecule has 2 N–H and O–H groups in total. The molecule has 1 aromatic heterocycles. The van der Waals surface area contributed by atoms with E-state index in [1.165, 1.54) is 0 Å². The Balaban J connectivity index is 1.70. The topological polar surface area (TPSA) is 84.3 Å². The molecule has 0 atom stereocenters. The molecule has 6 heteroatoms. The molecule has 1 heterocycles. The van der Waals surface area contributed by atoms with Crippen LogP contribution in [0.2, 0.25) is 0 Å². The average Bonchev–Trinajstić information content (AvgIpc) is 2.87. The van der Waals surface area contributed by atoms with E-state index < -0.39 is 5.76 Å². The Bertz CT molecular complexity index is 862. The Labute approximate surface area is 125 Å². The minimum atomic E-state index is -0.517. The minimum absolute atomic E-state index is 0.143. The van der Waals surface area contributed by atoms with Gasteiger partial charge in [-0.3, -0.25) is 9.78 Å². The summed E-state index contributed by atoms with van der Waals surface area (Å²) in [6.45, 7) is 0. The molecular formula is C16H14N2O4. The number of amides is 1. The van der Waals surface area contributed by atoms with Gasteiger partial charge in [-0.25, -0.2) is 4.79 Å². The van der Waals surface area contributed by atoms with E-state index in [-0.39, 0.29) is 12.3 Å². The second-order valence-electron chi connectivity index (χ2n) is 4.80. The molecule has 0 aliphatic carbocycles. The van der Waals surface area contributed by atoms with Gasteiger partial charge in [0.05, 0.1) is 19.0 Å². The van der Waals surface area contributed by atoms with Gasteiger partial charge in [-0.15, -0.1) is 0 Å². The summed E-state index contributed by atoms with van der Waals surface area (Å²) < 4.78 is 9.98. The van der Waals surface area contributed by atoms with Crippen molar-refractivity contribution in [2.24, 2.45) is 0 Å². The predicted molar refractivity (Wildman–Crippen MR) is 82.2 cm³/mol. The highest BCUT2D eigenvalue weighted by atomic mass is 16.5. The molecule has 0 fully saturated rings. The maximum Gasteiger partial charge on any atom is 0.417 e. The summed E-state index contributed by atoms with van der Waals surface area (Å²) in [5.41, 5.74) is 2.49. The second kappa shape index (κ2) is 5.77. The molecule has 0 bridgehead atoms. The van der Waals surface area contributed by atoms with E-state index >= 15 is 0 Å². The maximum absolute atomic E-state index is 12.0. The van der Waals surface area contributed by atoms with Crippen LogP contribution in [-0.2, 0) is 11.2 Å². The molecule has 0 spiro atoms. The van der Waals surface area contributed by atoms with Gasteiger partial charge in [0, 0.05) is 5.69 Å². The van der Waals surface area contributed by atoms with Crippen LogP contribution in [0.25, 0.3) is 11.1 Å². The smallest absolute Gasteiger partial charge is 0.417 e. The van der Waals surface area contributed by atoms with Crippen molar-refractivity contribution in [3.8, 4) is 5.75 Å². The average molecular weight is 298 g/mol. The van der Waals surface area contributed by atoms with Gasteiger partial charge in [0.2, 0.25) is 5.91 Å². The van der Waals surface area contributed by atoms with Crippen LogP contribution in [0.3, 0.4) is 0 Å². The highest BCUT2D eigenvalue weighted by Gasteiger charge is 2.07. The number of aromatic nitrogens is 1. The lowest BCUT2D eigenvalue weighted by atomic mass is 10.1. The van der Waals surface area contributed by atoms with E-state index in [0.29, 0.717) is 16.8 Å². The molecule has 2 aromatic carbocycles. The Hall–Kier alpha value is -3.02. The van der Waals surface area contributed by atoms with Gasteiger partial charge in [0.15, 0.2) is 5.58 Å². The molecule has 1 amide bonds. The summed E-state index contributed by atoms with van der Waals surface area (Å²) in [4.78, 5) is 25.7. The first-order chi connectivity index (χ1) is 10.6. The van der Waals surface area contributed by atoms with Crippen LogP contribution in [0, 0.1) is 0 Å². The molecule has 0 aliphatic heterocycles. The van der Waals surface area contributed by atoms with Crippen molar-refractivity contribution >= 4 is 22.7 Å². The molecule has 0 saturated heterocycles. The zero-order valence-corrected chi connectivity index (χ0v) is 11.9. The molecule has 3 aromatic rings. The van der Waals surface area contributed by atoms with Crippen molar-refractivity contribution in [3.05, 3.63) is 58.6 Å². The maximum atomic E-state index is 12.0. The number of fused-ring (bicyclic) bond motifs is 1. The van der Waals surface area contributed by atoms with Crippen molar-refractivity contribution in [1.82, 2.24) is 4.98 Å². The number of anilines is 1. The fourth-order valence-electron chi connectivity index (χ4n) is 2.16. The van der Waals surface area contributed by atoms with Crippen molar-refractivity contribution in [3.63, 3.8) is 0 Å². The SMILES string of the molecule is COc1ccc(CC(=O)Nc2ccc3oc(=O)[nH]c3c2)cc1. The normalized spacial score (nSPS) is 10.6. The van der Waals surface area contributed by atoms with Crippen molar-refractivity contribution in [2.75, 3.05) is 12.4 Å². The Kier molecular flexibility index (Phi) is 3.65. The largest absolute Gasteiger partial charge is 0.497 e. The summed E-state index contributed by atoms with van der Waals surface area (Å²) in [6, 6.07) is 12.3. The fourth-order valence-corrected chi connectivity index (χ4v) is 2.16. The number of nitrogens with one attached hydrogen (secondary N) is 2. The molecule has 112 valence electrons. The number of methoxy groups -OCH3 is 1. The molecule has 0 unspecified atom stereocenters. The van der Waals surface area contributed by atoms with Gasteiger partial charge in [0.25, 0.3) is 0 Å². The Morgan fingerprint density at radius 1 is 1.23 bits per heavy atom. The van der Waals surface area contributed by atoms with E-state index in [9.17, 15) is 9.59 Å². The van der Waals surface area contributed by atoms with E-state index in [2.05, 4.69) is 10.3 Å². The number of oxazole rings is 1. The summed E-state index contributed by atoms with van der Waals surface area (Å²) in [5, 5.41) is 2.79. The van der Waals surface area contributed by atoms with Crippen LogP contribution < -0.4 is 15.8 Å². The van der Waals surface area contributed by atoms with Crippen molar-refractivity contribution < 1.29 is 13.9 Å². The fraction of sp³-hybridized carbons (Fsp3) is 0.125. The van der Waals surface area contributed by atoms with Crippen LogP contribution in [0.1, 0.15) is 5.56 Å². The molecule has 6 nitrogen and oxygen atoms in total. The summed E-state index contributed by atoms with van der Waals surface area (Å²) in [5.74, 6) is 0.0885. The molecule has 3 rings (SSSR count). The van der Waals surface area contributed by atoms with Crippen molar-refractivity contribution in [1.29, 1.82) is 0 Å². The lowest BCUT2D eigenvalue weighted by Crippen LogP contribution is -2.14. The van der Waals surface area contributed by atoms with Crippen LogP contribution in [0.15, 0.2) is 51.7 Å². The van der Waals surface area contributed by atoms with E-state index in [1.807, 2.05) is 24.3 Å². The molecule has 0 aliphatic rings. The summed E-state index contributed by atoms with van der Waals surface area (Å²) in [6.07, 6.45) is 0.254. The highest BCUT2D eigenvalue weighted by Crippen LogP contribution is 2.17. The standard InChI is InChI=1S/C16H14N2O4/c1-21-12-5-2-10(3-6-12)8-15(19)17-11-4-7-14-13(9-11)18-16(20)22-14/h2-7,9H,8H2,1H3,(H,17,19)(H,18,20). The monoisotopic (exact) mass is 298 g/mol. The molecule has 22 heavy (non-hydrogen) atoms. The number of H-pyrrole nitrogens is 1. The zero-order chi connectivity index (χ0) is 15.5. The first kappa shape index (κ1) is 13.9. The first-order valence-electron chi connectivity index (χ1n) is 6.70. The number of rotatable bonds is 4. The van der Waals surface area contributed by atoms with Gasteiger partial charge in [0.1, 0.15) is 5.75 Å². The third-order valence-corrected chi connectivity index (χ3v) is 3.23. The predicted octanol–water partition coefficient (Wildman–Crippen LogP) is 2.31. The van der Waals surface area contributed by atoms with Crippen LogP contribution in [0.4, 0.5) is 5.69 Å². The number of hydrogen-bond acceptors (Lipinski definition) is 4. The van der Waals surface area contributed by atoms with E-state index in [1.54, 1.807) is 25.3 Å². The number of ether oxygens (including phenoxy) is 1. The Morgan fingerprint density at radius 3 is 2.73 bits per heavy atom. The lowest BCUT2D eigenvalue weighted by Gasteiger charge is -2.06. The number of benzene rings is 2. The van der Waals surface area contributed by atoms with Gasteiger partial charge >= 0.3 is 5.76 Å². The number of hydrogen-bond donors (Lipinski definition) is 2. The lowest BCUT2D eigenvalue weighted by molar-refractivity contribution is -0.115. The molecular weight excluding hydrogens is 284 g/mol. The van der Waals surface area contributed by atoms with E-state index in [0.717, 1.165) is 11.3 Å². The Morgan fingerprint density at radius 2 is 2.00 bits per heavy atom.